The molecule has 0 fully saturated rings. The van der Waals surface area contributed by atoms with Gasteiger partial charge >= 0.3 is 0 Å². The fraction of sp³-hybridized carbons (Fsp3) is 0.150. The van der Waals surface area contributed by atoms with Gasteiger partial charge in [0.15, 0.2) is 10.2 Å². The fourth-order valence-corrected chi connectivity index (χ4v) is 2.44. The minimum absolute atomic E-state index is 0.144. The number of hydrogen-bond donors (Lipinski definition) is 5. The number of amides is 1. The zero-order chi connectivity index (χ0) is 21.9. The topological polar surface area (TPSA) is 102 Å². The van der Waals surface area contributed by atoms with Gasteiger partial charge in [-0.05, 0) is 36.6 Å². The molecule has 0 unspecified atom stereocenters. The van der Waals surface area contributed by atoms with E-state index in [2.05, 4.69) is 37.0 Å². The predicted molar refractivity (Wildman–Crippen MR) is 130 cm³/mol. The summed E-state index contributed by atoms with van der Waals surface area (Å²) >= 11 is 10.3. The molecule has 0 atom stereocenters. The molecule has 2 rings (SSSR count). The highest BCUT2D eigenvalue weighted by molar-refractivity contribution is 7.80. The SMILES string of the molecule is CNC(=S)NN=C(C(=NNC(=S)NC)c1ccc(NC(C)=O)cc1)c1ccccc1. The van der Waals surface area contributed by atoms with Gasteiger partial charge < -0.3 is 16.0 Å². The average molecular weight is 442 g/mol. The van der Waals surface area contributed by atoms with Gasteiger partial charge in [-0.15, -0.1) is 0 Å². The monoisotopic (exact) mass is 441 g/mol. The van der Waals surface area contributed by atoms with Gasteiger partial charge in [-0.2, -0.15) is 10.2 Å². The fourth-order valence-electron chi connectivity index (χ4n) is 2.34. The van der Waals surface area contributed by atoms with Crippen LogP contribution in [0.2, 0.25) is 0 Å². The Hall–Kier alpha value is -3.37. The molecule has 156 valence electrons. The van der Waals surface area contributed by atoms with Gasteiger partial charge in [-0.1, -0.05) is 42.5 Å². The molecule has 0 aliphatic carbocycles. The summed E-state index contributed by atoms with van der Waals surface area (Å²) in [6.45, 7) is 1.46. The second-order valence-corrected chi connectivity index (χ2v) is 6.74. The summed E-state index contributed by atoms with van der Waals surface area (Å²) in [4.78, 5) is 11.3. The Morgan fingerprint density at radius 3 is 1.67 bits per heavy atom. The molecule has 0 saturated carbocycles. The van der Waals surface area contributed by atoms with Crippen molar-refractivity contribution in [1.29, 1.82) is 0 Å². The van der Waals surface area contributed by atoms with Gasteiger partial charge in [0.1, 0.15) is 11.4 Å². The van der Waals surface area contributed by atoms with E-state index in [1.165, 1.54) is 6.92 Å². The Kier molecular flexibility index (Phi) is 8.85. The zero-order valence-electron chi connectivity index (χ0n) is 16.8. The third-order valence-corrected chi connectivity index (χ3v) is 4.33. The average Bonchev–Trinajstić information content (AvgIpc) is 2.76. The van der Waals surface area contributed by atoms with Crippen LogP contribution in [0, 0.1) is 0 Å². The highest BCUT2D eigenvalue weighted by atomic mass is 32.1. The van der Waals surface area contributed by atoms with Gasteiger partial charge in [-0.3, -0.25) is 15.6 Å². The first-order valence-corrected chi connectivity index (χ1v) is 9.81. The maximum atomic E-state index is 11.3. The summed E-state index contributed by atoms with van der Waals surface area (Å²) in [5.74, 6) is -0.144. The van der Waals surface area contributed by atoms with E-state index in [0.29, 0.717) is 27.3 Å². The second kappa shape index (κ2) is 11.6. The minimum Gasteiger partial charge on any atom is -0.364 e. The van der Waals surface area contributed by atoms with Crippen molar-refractivity contribution in [3.8, 4) is 0 Å². The van der Waals surface area contributed by atoms with Crippen LogP contribution in [-0.2, 0) is 4.79 Å². The molecule has 5 N–H and O–H groups in total. The Balaban J connectivity index is 2.54. The quantitative estimate of drug-likeness (QED) is 0.265. The number of anilines is 1. The van der Waals surface area contributed by atoms with Crippen LogP contribution in [0.4, 0.5) is 5.69 Å². The third-order valence-electron chi connectivity index (χ3n) is 3.74. The number of benzene rings is 2. The van der Waals surface area contributed by atoms with E-state index in [1.807, 2.05) is 42.5 Å². The van der Waals surface area contributed by atoms with E-state index in [4.69, 9.17) is 24.4 Å². The first kappa shape index (κ1) is 22.9. The summed E-state index contributed by atoms with van der Waals surface area (Å²) in [6, 6.07) is 16.8. The Morgan fingerprint density at radius 1 is 0.767 bits per heavy atom. The molecule has 0 spiro atoms. The number of nitrogens with one attached hydrogen (secondary N) is 5. The van der Waals surface area contributed by atoms with Gasteiger partial charge in [0.05, 0.1) is 0 Å². The summed E-state index contributed by atoms with van der Waals surface area (Å²) in [5, 5.41) is 18.1. The molecule has 0 saturated heterocycles. The van der Waals surface area contributed by atoms with Crippen LogP contribution in [0.1, 0.15) is 18.1 Å². The number of hydrogen-bond acceptors (Lipinski definition) is 5. The maximum absolute atomic E-state index is 11.3. The van der Waals surface area contributed by atoms with Crippen molar-refractivity contribution in [3.63, 3.8) is 0 Å². The Bertz CT molecular complexity index is 957. The number of rotatable bonds is 6. The van der Waals surface area contributed by atoms with Crippen molar-refractivity contribution in [2.45, 2.75) is 6.92 Å². The van der Waals surface area contributed by atoms with E-state index >= 15 is 0 Å². The standard InChI is InChI=1S/C20H23N7OS2/c1-13(28)23-16-11-9-15(10-12-16)18(25-27-20(30)22-3)17(24-26-19(29)21-2)14-7-5-4-6-8-14/h4-12H,1-3H3,(H,23,28)(H2,21,26,29)(H2,22,27,30). The first-order chi connectivity index (χ1) is 14.4. The van der Waals surface area contributed by atoms with Crippen LogP contribution in [0.5, 0.6) is 0 Å². The van der Waals surface area contributed by atoms with Crippen molar-refractivity contribution in [1.82, 2.24) is 21.5 Å². The molecule has 30 heavy (non-hydrogen) atoms. The van der Waals surface area contributed by atoms with Crippen LogP contribution >= 0.6 is 24.4 Å². The lowest BCUT2D eigenvalue weighted by atomic mass is 9.99. The molecular formula is C20H23N7OS2. The minimum atomic E-state index is -0.144. The van der Waals surface area contributed by atoms with Crippen molar-refractivity contribution < 1.29 is 4.79 Å². The van der Waals surface area contributed by atoms with Crippen molar-refractivity contribution in [2.75, 3.05) is 19.4 Å². The molecule has 0 bridgehead atoms. The summed E-state index contributed by atoms with van der Waals surface area (Å²) in [7, 11) is 3.40. The molecule has 2 aromatic rings. The van der Waals surface area contributed by atoms with Crippen molar-refractivity contribution in [2.24, 2.45) is 10.2 Å². The van der Waals surface area contributed by atoms with Crippen LogP contribution in [0.25, 0.3) is 0 Å². The van der Waals surface area contributed by atoms with Crippen molar-refractivity contribution in [3.05, 3.63) is 65.7 Å². The number of thiocarbonyl (C=S) groups is 2. The summed E-state index contributed by atoms with van der Waals surface area (Å²) in [5.41, 5.74) is 8.96. The van der Waals surface area contributed by atoms with E-state index in [0.717, 1.165) is 11.1 Å². The molecule has 0 aromatic heterocycles. The maximum Gasteiger partial charge on any atom is 0.221 e. The largest absolute Gasteiger partial charge is 0.364 e. The van der Waals surface area contributed by atoms with Crippen LogP contribution in [0.15, 0.2) is 64.8 Å². The molecule has 8 nitrogen and oxygen atoms in total. The van der Waals surface area contributed by atoms with Crippen LogP contribution in [0.3, 0.4) is 0 Å². The molecule has 1 amide bonds. The van der Waals surface area contributed by atoms with E-state index in [1.54, 1.807) is 26.2 Å². The van der Waals surface area contributed by atoms with E-state index in [-0.39, 0.29) is 5.91 Å². The van der Waals surface area contributed by atoms with Gasteiger partial charge in [-0.25, -0.2) is 0 Å². The molecule has 2 aromatic carbocycles. The van der Waals surface area contributed by atoms with Crippen molar-refractivity contribution >= 4 is 57.7 Å². The second-order valence-electron chi connectivity index (χ2n) is 5.93. The molecule has 0 radical (unpaired) electrons. The first-order valence-electron chi connectivity index (χ1n) is 8.99. The molecular weight excluding hydrogens is 418 g/mol. The lowest BCUT2D eigenvalue weighted by Crippen LogP contribution is -2.33. The Morgan fingerprint density at radius 2 is 1.23 bits per heavy atom. The number of hydrazone groups is 2. The lowest BCUT2D eigenvalue weighted by molar-refractivity contribution is -0.114. The number of carbonyl (C=O) groups excluding carboxylic acids is 1. The summed E-state index contributed by atoms with van der Waals surface area (Å²) < 4.78 is 0. The number of nitrogens with zero attached hydrogens (tertiary/aromatic N) is 2. The summed E-state index contributed by atoms with van der Waals surface area (Å²) in [6.07, 6.45) is 0. The van der Waals surface area contributed by atoms with E-state index < -0.39 is 0 Å². The molecule has 0 heterocycles. The molecule has 0 aliphatic rings. The Labute approximate surface area is 186 Å². The van der Waals surface area contributed by atoms with Gasteiger partial charge in [0.25, 0.3) is 0 Å². The van der Waals surface area contributed by atoms with Crippen LogP contribution < -0.4 is 26.8 Å². The molecule has 10 heteroatoms. The predicted octanol–water partition coefficient (Wildman–Crippen LogP) is 1.94. The highest BCUT2D eigenvalue weighted by Crippen LogP contribution is 2.14. The van der Waals surface area contributed by atoms with Gasteiger partial charge in [0, 0.05) is 37.8 Å². The number of carbonyl (C=O) groups is 1. The normalized spacial score (nSPS) is 11.3. The van der Waals surface area contributed by atoms with Crippen LogP contribution in [-0.4, -0.2) is 41.7 Å². The highest BCUT2D eigenvalue weighted by Gasteiger charge is 2.16. The third kappa shape index (κ3) is 6.90. The van der Waals surface area contributed by atoms with E-state index in [9.17, 15) is 4.79 Å². The van der Waals surface area contributed by atoms with Gasteiger partial charge in [0.2, 0.25) is 5.91 Å². The lowest BCUT2D eigenvalue weighted by Gasteiger charge is -2.13. The smallest absolute Gasteiger partial charge is 0.221 e. The molecule has 0 aliphatic heterocycles. The zero-order valence-corrected chi connectivity index (χ0v) is 18.4.